The number of primary amides is 1. The van der Waals surface area contributed by atoms with E-state index in [0.717, 1.165) is 43.6 Å². The first-order chi connectivity index (χ1) is 15.4. The van der Waals surface area contributed by atoms with Gasteiger partial charge in [-0.1, -0.05) is 11.6 Å². The number of rotatable bonds is 6. The Morgan fingerprint density at radius 1 is 1.09 bits per heavy atom. The molecule has 4 rings (SSSR count). The zero-order chi connectivity index (χ0) is 23.0. The summed E-state index contributed by atoms with van der Waals surface area (Å²) in [6, 6.07) is 3.44. The molecule has 1 aromatic rings. The second kappa shape index (κ2) is 8.98. The number of Topliss-reactive ketones (excluding diaryl/α,β-unsaturated/α-hetero) is 2. The number of hydrogen-bond acceptors (Lipinski definition) is 6. The second-order valence-electron chi connectivity index (χ2n) is 8.24. The van der Waals surface area contributed by atoms with Crippen LogP contribution in [-0.4, -0.2) is 42.6 Å². The SMILES string of the molecule is CCN1C2=C(C(=O)CCC2)C(c2cc(Cl)c(OCC(N)=O)c(OC)c2)C2=C1CCCC2=O. The van der Waals surface area contributed by atoms with E-state index in [9.17, 15) is 14.4 Å². The summed E-state index contributed by atoms with van der Waals surface area (Å²) < 4.78 is 10.9. The summed E-state index contributed by atoms with van der Waals surface area (Å²) >= 11 is 6.53. The highest BCUT2D eigenvalue weighted by molar-refractivity contribution is 6.32. The molecular formula is C24H27ClN2O5. The first-order valence-electron chi connectivity index (χ1n) is 11.0. The molecule has 0 aromatic heterocycles. The summed E-state index contributed by atoms with van der Waals surface area (Å²) in [7, 11) is 1.47. The number of nitrogens with zero attached hydrogens (tertiary/aromatic N) is 1. The van der Waals surface area contributed by atoms with Crippen LogP contribution in [0.3, 0.4) is 0 Å². The van der Waals surface area contributed by atoms with Crippen LogP contribution in [0.5, 0.6) is 11.5 Å². The van der Waals surface area contributed by atoms with Gasteiger partial charge in [0, 0.05) is 47.8 Å². The molecule has 170 valence electrons. The number of allylic oxidation sites excluding steroid dienone is 4. The lowest BCUT2D eigenvalue weighted by Gasteiger charge is -2.43. The van der Waals surface area contributed by atoms with Gasteiger partial charge < -0.3 is 20.1 Å². The van der Waals surface area contributed by atoms with Crippen molar-refractivity contribution >= 4 is 29.1 Å². The van der Waals surface area contributed by atoms with Crippen molar-refractivity contribution in [1.82, 2.24) is 4.90 Å². The number of benzene rings is 1. The average Bonchev–Trinajstić information content (AvgIpc) is 2.76. The molecule has 1 aromatic carbocycles. The number of nitrogens with two attached hydrogens (primary N) is 1. The molecule has 0 saturated carbocycles. The normalized spacial score (nSPS) is 19.2. The van der Waals surface area contributed by atoms with Crippen LogP contribution in [0.2, 0.25) is 5.02 Å². The fourth-order valence-electron chi connectivity index (χ4n) is 5.12. The molecule has 32 heavy (non-hydrogen) atoms. The van der Waals surface area contributed by atoms with Gasteiger partial charge >= 0.3 is 0 Å². The summed E-state index contributed by atoms with van der Waals surface area (Å²) in [6.45, 7) is 2.43. The molecule has 0 unspecified atom stereocenters. The highest BCUT2D eigenvalue weighted by Gasteiger charge is 2.43. The minimum absolute atomic E-state index is 0.0729. The first kappa shape index (κ1) is 22.4. The topological polar surface area (TPSA) is 98.9 Å². The van der Waals surface area contributed by atoms with E-state index in [1.165, 1.54) is 7.11 Å². The zero-order valence-corrected chi connectivity index (χ0v) is 19.1. The molecule has 1 aliphatic heterocycles. The summed E-state index contributed by atoms with van der Waals surface area (Å²) in [4.78, 5) is 39.7. The molecule has 0 spiro atoms. The van der Waals surface area contributed by atoms with Crippen LogP contribution >= 0.6 is 11.6 Å². The van der Waals surface area contributed by atoms with E-state index in [0.29, 0.717) is 35.3 Å². The van der Waals surface area contributed by atoms with Crippen LogP contribution in [0.15, 0.2) is 34.7 Å². The van der Waals surface area contributed by atoms with Crippen molar-refractivity contribution in [1.29, 1.82) is 0 Å². The van der Waals surface area contributed by atoms with Crippen LogP contribution in [0.4, 0.5) is 0 Å². The summed E-state index contributed by atoms with van der Waals surface area (Å²) in [5.74, 6) is -0.449. The van der Waals surface area contributed by atoms with Crippen LogP contribution < -0.4 is 15.2 Å². The third-order valence-corrected chi connectivity index (χ3v) is 6.63. The van der Waals surface area contributed by atoms with Gasteiger partial charge in [0.25, 0.3) is 5.91 Å². The van der Waals surface area contributed by atoms with Gasteiger partial charge in [-0.2, -0.15) is 0 Å². The Morgan fingerprint density at radius 2 is 1.69 bits per heavy atom. The average molecular weight is 459 g/mol. The van der Waals surface area contributed by atoms with Crippen LogP contribution in [0, 0.1) is 0 Å². The van der Waals surface area contributed by atoms with Gasteiger partial charge in [-0.15, -0.1) is 0 Å². The number of amides is 1. The molecule has 0 radical (unpaired) electrons. The van der Waals surface area contributed by atoms with Crippen molar-refractivity contribution in [3.05, 3.63) is 45.3 Å². The number of methoxy groups -OCH3 is 1. The maximum absolute atomic E-state index is 13.2. The Morgan fingerprint density at radius 3 is 2.19 bits per heavy atom. The van der Waals surface area contributed by atoms with Gasteiger partial charge in [-0.3, -0.25) is 14.4 Å². The fourth-order valence-corrected chi connectivity index (χ4v) is 5.40. The van der Waals surface area contributed by atoms with Crippen molar-refractivity contribution < 1.29 is 23.9 Å². The number of ketones is 2. The van der Waals surface area contributed by atoms with Crippen molar-refractivity contribution in [2.24, 2.45) is 5.73 Å². The maximum Gasteiger partial charge on any atom is 0.255 e. The smallest absolute Gasteiger partial charge is 0.255 e. The lowest BCUT2D eigenvalue weighted by atomic mass is 9.71. The van der Waals surface area contributed by atoms with E-state index in [2.05, 4.69) is 11.8 Å². The van der Waals surface area contributed by atoms with Gasteiger partial charge in [0.2, 0.25) is 0 Å². The standard InChI is InChI=1S/C24H27ClN2O5/c1-3-27-15-6-4-8-17(28)22(15)21(23-16(27)7-5-9-18(23)29)13-10-14(25)24(19(11-13)31-2)32-12-20(26)30/h10-11,21H,3-9,12H2,1-2H3,(H2,26,30). The number of carbonyl (C=O) groups is 3. The highest BCUT2D eigenvalue weighted by atomic mass is 35.5. The quantitative estimate of drug-likeness (QED) is 0.698. The number of ether oxygens (including phenoxy) is 2. The molecule has 0 saturated heterocycles. The third-order valence-electron chi connectivity index (χ3n) is 6.35. The predicted molar refractivity (Wildman–Crippen MR) is 120 cm³/mol. The number of hydrogen-bond donors (Lipinski definition) is 1. The summed E-state index contributed by atoms with van der Waals surface area (Å²) in [5, 5.41) is 0.231. The monoisotopic (exact) mass is 458 g/mol. The Labute approximate surface area is 192 Å². The van der Waals surface area contributed by atoms with E-state index in [1.54, 1.807) is 12.1 Å². The molecule has 2 aliphatic carbocycles. The lowest BCUT2D eigenvalue weighted by molar-refractivity contribution is -0.120. The minimum atomic E-state index is -0.635. The molecule has 0 fully saturated rings. The third kappa shape index (κ3) is 3.79. The maximum atomic E-state index is 13.2. The summed E-state index contributed by atoms with van der Waals surface area (Å²) in [5.41, 5.74) is 9.32. The van der Waals surface area contributed by atoms with Gasteiger partial charge in [0.1, 0.15) is 0 Å². The molecule has 7 nitrogen and oxygen atoms in total. The first-order valence-corrected chi connectivity index (χ1v) is 11.3. The highest BCUT2D eigenvalue weighted by Crippen LogP contribution is 2.50. The second-order valence-corrected chi connectivity index (χ2v) is 8.65. The molecule has 8 heteroatoms. The van der Waals surface area contributed by atoms with Crippen LogP contribution in [0.1, 0.15) is 56.9 Å². The molecule has 0 bridgehead atoms. The molecule has 1 amide bonds. The Kier molecular flexibility index (Phi) is 6.29. The van der Waals surface area contributed by atoms with Gasteiger partial charge in [0.05, 0.1) is 12.1 Å². The van der Waals surface area contributed by atoms with E-state index >= 15 is 0 Å². The fraction of sp³-hybridized carbons (Fsp3) is 0.458. The van der Waals surface area contributed by atoms with E-state index in [1.807, 2.05) is 0 Å². The number of halogens is 1. The van der Waals surface area contributed by atoms with Gasteiger partial charge in [-0.05, 0) is 50.3 Å². The number of carbonyl (C=O) groups excluding carboxylic acids is 3. The molecular weight excluding hydrogens is 432 g/mol. The Bertz CT molecular complexity index is 1010. The van der Waals surface area contributed by atoms with Gasteiger partial charge in [0.15, 0.2) is 29.7 Å². The predicted octanol–water partition coefficient (Wildman–Crippen LogP) is 3.65. The largest absolute Gasteiger partial charge is 0.493 e. The molecule has 1 heterocycles. The Hall–Kier alpha value is -2.80. The van der Waals surface area contributed by atoms with Gasteiger partial charge in [-0.25, -0.2) is 0 Å². The van der Waals surface area contributed by atoms with Crippen molar-refractivity contribution in [3.63, 3.8) is 0 Å². The van der Waals surface area contributed by atoms with Crippen LogP contribution in [0.25, 0.3) is 0 Å². The lowest BCUT2D eigenvalue weighted by Crippen LogP contribution is -2.39. The summed E-state index contributed by atoms with van der Waals surface area (Å²) in [6.07, 6.45) is 4.16. The van der Waals surface area contributed by atoms with E-state index in [4.69, 9.17) is 26.8 Å². The van der Waals surface area contributed by atoms with E-state index in [-0.39, 0.29) is 28.9 Å². The minimum Gasteiger partial charge on any atom is -0.493 e. The van der Waals surface area contributed by atoms with Crippen molar-refractivity contribution in [3.8, 4) is 11.5 Å². The zero-order valence-electron chi connectivity index (χ0n) is 18.3. The van der Waals surface area contributed by atoms with Crippen LogP contribution in [-0.2, 0) is 14.4 Å². The van der Waals surface area contributed by atoms with Crippen molar-refractivity contribution in [2.45, 2.75) is 51.4 Å². The molecule has 0 atom stereocenters. The molecule has 3 aliphatic rings. The van der Waals surface area contributed by atoms with Crippen molar-refractivity contribution in [2.75, 3.05) is 20.3 Å². The molecule has 2 N–H and O–H groups in total. The Balaban J connectivity index is 1.90. The van der Waals surface area contributed by atoms with E-state index < -0.39 is 11.8 Å².